The lowest BCUT2D eigenvalue weighted by atomic mass is 10.0. The predicted octanol–water partition coefficient (Wildman–Crippen LogP) is 5.07. The average molecular weight is 457 g/mol. The van der Waals surface area contributed by atoms with Crippen LogP contribution < -0.4 is 10.6 Å². The van der Waals surface area contributed by atoms with Crippen LogP contribution in [0, 0.1) is 0 Å². The Labute approximate surface area is 198 Å². The number of carbonyl (C=O) groups excluding carboxylic acids is 2. The molecule has 4 aromatic rings. The first kappa shape index (κ1) is 23.2. The van der Waals surface area contributed by atoms with Crippen LogP contribution in [0.1, 0.15) is 26.3 Å². The van der Waals surface area contributed by atoms with Crippen molar-refractivity contribution in [3.8, 4) is 11.1 Å². The molecule has 7 nitrogen and oxygen atoms in total. The molecular weight excluding hydrogens is 428 g/mol. The number of aromatic nitrogens is 2. The van der Waals surface area contributed by atoms with E-state index in [9.17, 15) is 9.59 Å². The first-order valence-corrected chi connectivity index (χ1v) is 11.1. The van der Waals surface area contributed by atoms with E-state index in [0.29, 0.717) is 5.69 Å². The summed E-state index contributed by atoms with van der Waals surface area (Å²) in [7, 11) is 0. The molecule has 2 amide bonds. The van der Waals surface area contributed by atoms with Gasteiger partial charge in [-0.05, 0) is 74.2 Å². The molecule has 0 aliphatic heterocycles. The van der Waals surface area contributed by atoms with Crippen LogP contribution in [0.25, 0.3) is 22.0 Å². The van der Waals surface area contributed by atoms with Crippen LogP contribution in [0.3, 0.4) is 0 Å². The zero-order chi connectivity index (χ0) is 24.3. The lowest BCUT2D eigenvalue weighted by molar-refractivity contribution is -0.119. The highest BCUT2D eigenvalue weighted by Gasteiger charge is 2.32. The number of para-hydroxylation sites is 1. The van der Waals surface area contributed by atoms with Gasteiger partial charge in [-0.25, -0.2) is 9.69 Å². The lowest BCUT2D eigenvalue weighted by Gasteiger charge is -2.28. The highest BCUT2D eigenvalue weighted by molar-refractivity contribution is 6.14. The third kappa shape index (κ3) is 5.15. The van der Waals surface area contributed by atoms with Gasteiger partial charge in [-0.3, -0.25) is 9.78 Å². The van der Waals surface area contributed by atoms with Gasteiger partial charge in [-0.2, -0.15) is 0 Å². The zero-order valence-corrected chi connectivity index (χ0v) is 19.5. The quantitative estimate of drug-likeness (QED) is 0.437. The molecule has 0 aliphatic rings. The number of imide groups is 1. The summed E-state index contributed by atoms with van der Waals surface area (Å²) in [5.74, 6) is -0.531. The van der Waals surface area contributed by atoms with Gasteiger partial charge in [0.1, 0.15) is 5.60 Å². The molecule has 0 spiro atoms. The number of carbonyl (C=O) groups is 2. The fourth-order valence-corrected chi connectivity index (χ4v) is 3.77. The molecule has 34 heavy (non-hydrogen) atoms. The number of nitrogens with one attached hydrogen (secondary N) is 1. The van der Waals surface area contributed by atoms with Gasteiger partial charge < -0.3 is 15.5 Å². The van der Waals surface area contributed by atoms with Crippen molar-refractivity contribution in [2.24, 2.45) is 5.73 Å². The Bertz CT molecular complexity index is 1290. The van der Waals surface area contributed by atoms with E-state index in [1.54, 1.807) is 45.3 Å². The number of nitrogens with two attached hydrogens (primary N) is 1. The number of pyridine rings is 1. The van der Waals surface area contributed by atoms with Gasteiger partial charge in [0.15, 0.2) is 0 Å². The third-order valence-corrected chi connectivity index (χ3v) is 5.37. The summed E-state index contributed by atoms with van der Waals surface area (Å²) in [4.78, 5) is 34.8. The van der Waals surface area contributed by atoms with Gasteiger partial charge in [0, 0.05) is 29.5 Å². The number of hydrogen-bond acceptors (Lipinski definition) is 5. The molecule has 0 saturated carbocycles. The Hall–Kier alpha value is -3.97. The highest BCUT2D eigenvalue weighted by atomic mass is 16.6. The van der Waals surface area contributed by atoms with E-state index < -0.39 is 23.6 Å². The van der Waals surface area contributed by atoms with Crippen molar-refractivity contribution in [3.05, 3.63) is 84.8 Å². The Kier molecular flexibility index (Phi) is 6.47. The predicted molar refractivity (Wildman–Crippen MR) is 133 cm³/mol. The Morgan fingerprint density at radius 1 is 1.00 bits per heavy atom. The second-order valence-corrected chi connectivity index (χ2v) is 9.11. The van der Waals surface area contributed by atoms with E-state index >= 15 is 0 Å². The van der Waals surface area contributed by atoms with Crippen LogP contribution >= 0.6 is 0 Å². The molecular formula is C27H28N4O3. The maximum Gasteiger partial charge on any atom is 0.421 e. The summed E-state index contributed by atoms with van der Waals surface area (Å²) >= 11 is 0. The van der Waals surface area contributed by atoms with E-state index in [-0.39, 0.29) is 6.42 Å². The van der Waals surface area contributed by atoms with Gasteiger partial charge in [0.2, 0.25) is 0 Å². The van der Waals surface area contributed by atoms with Gasteiger partial charge in [-0.15, -0.1) is 0 Å². The highest BCUT2D eigenvalue weighted by Crippen LogP contribution is 2.26. The van der Waals surface area contributed by atoms with Crippen LogP contribution in [0.15, 0.2) is 79.3 Å². The van der Waals surface area contributed by atoms with Gasteiger partial charge in [0.05, 0.1) is 11.7 Å². The summed E-state index contributed by atoms with van der Waals surface area (Å²) in [6, 6.07) is 17.8. The normalized spacial score (nSPS) is 12.4. The molecule has 0 aliphatic carbocycles. The first-order chi connectivity index (χ1) is 16.2. The minimum absolute atomic E-state index is 0.275. The molecule has 0 fully saturated rings. The monoisotopic (exact) mass is 456 g/mol. The molecule has 0 bridgehead atoms. The zero-order valence-electron chi connectivity index (χ0n) is 19.5. The number of anilines is 1. The van der Waals surface area contributed by atoms with Crippen molar-refractivity contribution in [2.75, 3.05) is 4.90 Å². The largest absolute Gasteiger partial charge is 0.443 e. The smallest absolute Gasteiger partial charge is 0.421 e. The van der Waals surface area contributed by atoms with Crippen molar-refractivity contribution in [2.45, 2.75) is 38.8 Å². The van der Waals surface area contributed by atoms with Crippen molar-refractivity contribution in [1.82, 2.24) is 9.97 Å². The summed E-state index contributed by atoms with van der Waals surface area (Å²) in [5, 5.41) is 0.997. The van der Waals surface area contributed by atoms with Crippen LogP contribution in [-0.4, -0.2) is 33.6 Å². The van der Waals surface area contributed by atoms with Crippen LogP contribution in [-0.2, 0) is 16.0 Å². The van der Waals surface area contributed by atoms with Crippen molar-refractivity contribution >= 4 is 28.6 Å². The number of benzene rings is 2. The van der Waals surface area contributed by atoms with Crippen LogP contribution in [0.5, 0.6) is 0 Å². The van der Waals surface area contributed by atoms with E-state index in [0.717, 1.165) is 32.5 Å². The lowest BCUT2D eigenvalue weighted by Crippen LogP contribution is -2.49. The molecule has 7 heteroatoms. The fraction of sp³-hybridized carbons (Fsp3) is 0.222. The average Bonchev–Trinajstić information content (AvgIpc) is 3.22. The number of rotatable bonds is 5. The minimum Gasteiger partial charge on any atom is -0.443 e. The van der Waals surface area contributed by atoms with Gasteiger partial charge in [0.25, 0.3) is 5.91 Å². The van der Waals surface area contributed by atoms with E-state index in [1.165, 1.54) is 0 Å². The fourth-order valence-electron chi connectivity index (χ4n) is 3.77. The summed E-state index contributed by atoms with van der Waals surface area (Å²) in [6.07, 6.45) is 4.78. The second kappa shape index (κ2) is 9.49. The summed E-state index contributed by atoms with van der Waals surface area (Å²) < 4.78 is 5.54. The standard InChI is InChI=1S/C27H28N4O3/c1-27(2,3)34-26(33)31(21-10-8-18(9-11-21)19-12-14-29-15-13-19)25(32)23(28)16-20-17-30-24-7-5-4-6-22(20)24/h4-15,17,23,30H,16,28H2,1-3H3/t23-/m1/s1. The molecule has 1 atom stereocenters. The summed E-state index contributed by atoms with van der Waals surface area (Å²) in [5.41, 5.74) is 9.76. The third-order valence-electron chi connectivity index (χ3n) is 5.37. The molecule has 174 valence electrons. The number of ether oxygens (including phenoxy) is 1. The number of H-pyrrole nitrogens is 1. The van der Waals surface area contributed by atoms with Crippen molar-refractivity contribution < 1.29 is 14.3 Å². The minimum atomic E-state index is -0.938. The molecule has 4 rings (SSSR count). The molecule has 0 saturated heterocycles. The number of nitrogens with zero attached hydrogens (tertiary/aromatic N) is 2. The number of hydrogen-bond donors (Lipinski definition) is 2. The van der Waals surface area contributed by atoms with Gasteiger partial charge >= 0.3 is 6.09 Å². The molecule has 2 heterocycles. The maximum atomic E-state index is 13.5. The van der Waals surface area contributed by atoms with E-state index in [2.05, 4.69) is 9.97 Å². The van der Waals surface area contributed by atoms with E-state index in [4.69, 9.17) is 10.5 Å². The maximum absolute atomic E-state index is 13.5. The molecule has 2 aromatic carbocycles. The number of aromatic amines is 1. The molecule has 0 unspecified atom stereocenters. The number of amides is 2. The molecule has 0 radical (unpaired) electrons. The van der Waals surface area contributed by atoms with Crippen LogP contribution in [0.2, 0.25) is 0 Å². The molecule has 2 aromatic heterocycles. The van der Waals surface area contributed by atoms with E-state index in [1.807, 2.05) is 54.7 Å². The van der Waals surface area contributed by atoms with Crippen molar-refractivity contribution in [3.63, 3.8) is 0 Å². The molecule has 3 N–H and O–H groups in total. The second-order valence-electron chi connectivity index (χ2n) is 9.11. The van der Waals surface area contributed by atoms with Crippen molar-refractivity contribution in [1.29, 1.82) is 0 Å². The number of fused-ring (bicyclic) bond motifs is 1. The Balaban J connectivity index is 1.62. The first-order valence-electron chi connectivity index (χ1n) is 11.1. The van der Waals surface area contributed by atoms with Crippen LogP contribution in [0.4, 0.5) is 10.5 Å². The Morgan fingerprint density at radius 2 is 1.65 bits per heavy atom. The van der Waals surface area contributed by atoms with Gasteiger partial charge in [-0.1, -0.05) is 30.3 Å². The Morgan fingerprint density at radius 3 is 2.32 bits per heavy atom. The SMILES string of the molecule is CC(C)(C)OC(=O)N(C(=O)[C@H](N)Cc1c[nH]c2ccccc12)c1ccc(-c2ccncc2)cc1. The summed E-state index contributed by atoms with van der Waals surface area (Å²) in [6.45, 7) is 5.27. The topological polar surface area (TPSA) is 101 Å².